The minimum absolute atomic E-state index is 0.0235. The van der Waals surface area contributed by atoms with Gasteiger partial charge in [-0.2, -0.15) is 0 Å². The van der Waals surface area contributed by atoms with Crippen LogP contribution in [0.4, 0.5) is 0 Å². The zero-order valence-electron chi connectivity index (χ0n) is 14.9. The van der Waals surface area contributed by atoms with Crippen molar-refractivity contribution in [2.75, 3.05) is 20.1 Å². The predicted octanol–water partition coefficient (Wildman–Crippen LogP) is 0.959. The Kier molecular flexibility index (Phi) is 5.70. The van der Waals surface area contributed by atoms with Crippen LogP contribution in [0.3, 0.4) is 0 Å². The number of hydrogen-bond donors (Lipinski definition) is 0. The lowest BCUT2D eigenvalue weighted by Crippen LogP contribution is -2.35. The van der Waals surface area contributed by atoms with Crippen LogP contribution in [0.1, 0.15) is 31.2 Å². The van der Waals surface area contributed by atoms with E-state index in [1.54, 1.807) is 29.0 Å². The van der Waals surface area contributed by atoms with E-state index in [4.69, 9.17) is 0 Å². The minimum atomic E-state index is -0.0235. The van der Waals surface area contributed by atoms with Crippen LogP contribution >= 0.6 is 0 Å². The van der Waals surface area contributed by atoms with Crippen LogP contribution in [0.25, 0.3) is 0 Å². The van der Waals surface area contributed by atoms with Gasteiger partial charge in [0, 0.05) is 26.0 Å². The highest BCUT2D eigenvalue weighted by Crippen LogP contribution is 2.17. The summed E-state index contributed by atoms with van der Waals surface area (Å²) in [5, 5.41) is 11.9. The molecule has 1 saturated heterocycles. The average molecular weight is 343 g/mol. The zero-order chi connectivity index (χ0) is 17.6. The summed E-state index contributed by atoms with van der Waals surface area (Å²) in [4.78, 5) is 20.6. The Bertz CT molecular complexity index is 679. The van der Waals surface area contributed by atoms with E-state index in [1.165, 1.54) is 12.8 Å². The molecule has 0 radical (unpaired) electrons. The normalized spacial score (nSPS) is 16.1. The summed E-state index contributed by atoms with van der Waals surface area (Å²) in [7, 11) is 1.78. The van der Waals surface area contributed by atoms with Crippen molar-refractivity contribution < 1.29 is 4.79 Å². The molecule has 2 aromatic rings. The van der Waals surface area contributed by atoms with Crippen LogP contribution in [-0.4, -0.2) is 61.0 Å². The molecule has 8 nitrogen and oxygen atoms in total. The zero-order valence-corrected chi connectivity index (χ0v) is 14.9. The molecule has 0 bridgehead atoms. The van der Waals surface area contributed by atoms with Gasteiger partial charge in [-0.15, -0.1) is 5.10 Å². The van der Waals surface area contributed by atoms with Crippen molar-refractivity contribution in [1.29, 1.82) is 0 Å². The lowest BCUT2D eigenvalue weighted by atomic mass is 9.99. The SMILES string of the molecule is CC1CCN(Cc2nnnn2CC(=O)N(C)Cc2cccnc2)CC1. The Labute approximate surface area is 147 Å². The number of carbonyl (C=O) groups excluding carboxylic acids is 1. The van der Waals surface area contributed by atoms with Crippen molar-refractivity contribution in [3.8, 4) is 0 Å². The first-order valence-corrected chi connectivity index (χ1v) is 8.72. The Morgan fingerprint density at radius 1 is 1.36 bits per heavy atom. The number of carbonyl (C=O) groups is 1. The first kappa shape index (κ1) is 17.5. The van der Waals surface area contributed by atoms with E-state index in [-0.39, 0.29) is 12.5 Å². The van der Waals surface area contributed by atoms with Gasteiger partial charge in [0.2, 0.25) is 5.91 Å². The fourth-order valence-electron chi connectivity index (χ4n) is 2.98. The monoisotopic (exact) mass is 343 g/mol. The molecule has 8 heteroatoms. The molecule has 3 heterocycles. The van der Waals surface area contributed by atoms with Gasteiger partial charge in [-0.25, -0.2) is 4.68 Å². The Morgan fingerprint density at radius 3 is 2.88 bits per heavy atom. The maximum atomic E-state index is 12.5. The second kappa shape index (κ2) is 8.15. The third kappa shape index (κ3) is 4.82. The molecule has 134 valence electrons. The lowest BCUT2D eigenvalue weighted by molar-refractivity contribution is -0.131. The van der Waals surface area contributed by atoms with Gasteiger partial charge in [0.05, 0.1) is 6.54 Å². The Balaban J connectivity index is 1.56. The number of likely N-dealkylation sites (N-methyl/N-ethyl adjacent to an activating group) is 1. The van der Waals surface area contributed by atoms with Crippen LogP contribution in [0.15, 0.2) is 24.5 Å². The Morgan fingerprint density at radius 2 is 2.16 bits per heavy atom. The summed E-state index contributed by atoms with van der Waals surface area (Å²) in [6, 6.07) is 3.82. The number of nitrogens with zero attached hydrogens (tertiary/aromatic N) is 7. The van der Waals surface area contributed by atoms with Crippen molar-refractivity contribution in [3.63, 3.8) is 0 Å². The summed E-state index contributed by atoms with van der Waals surface area (Å²) < 4.78 is 1.61. The molecular weight excluding hydrogens is 318 g/mol. The molecule has 2 aromatic heterocycles. The van der Waals surface area contributed by atoms with Gasteiger partial charge in [0.1, 0.15) is 6.54 Å². The molecule has 3 rings (SSSR count). The van der Waals surface area contributed by atoms with E-state index in [1.807, 2.05) is 12.1 Å². The molecule has 0 N–H and O–H groups in total. The minimum Gasteiger partial charge on any atom is -0.340 e. The standard InChI is InChI=1S/C17H25N7O/c1-14-5-8-23(9-6-14)12-16-19-20-21-24(16)13-17(25)22(2)11-15-4-3-7-18-10-15/h3-4,7,10,14H,5-6,8-9,11-13H2,1-2H3. The van der Waals surface area contributed by atoms with Crippen molar-refractivity contribution in [2.24, 2.45) is 5.92 Å². The molecule has 0 saturated carbocycles. The smallest absolute Gasteiger partial charge is 0.244 e. The molecule has 1 fully saturated rings. The number of amides is 1. The quantitative estimate of drug-likeness (QED) is 0.777. The van der Waals surface area contributed by atoms with Gasteiger partial charge < -0.3 is 4.90 Å². The van der Waals surface area contributed by atoms with E-state index < -0.39 is 0 Å². The van der Waals surface area contributed by atoms with Crippen LogP contribution in [0.5, 0.6) is 0 Å². The number of likely N-dealkylation sites (tertiary alicyclic amines) is 1. The molecule has 1 aliphatic heterocycles. The molecule has 0 aromatic carbocycles. The second-order valence-electron chi connectivity index (χ2n) is 6.82. The molecule has 1 aliphatic rings. The first-order chi connectivity index (χ1) is 12.1. The van der Waals surface area contributed by atoms with Crippen molar-refractivity contribution in [2.45, 2.75) is 39.4 Å². The van der Waals surface area contributed by atoms with E-state index >= 15 is 0 Å². The molecule has 25 heavy (non-hydrogen) atoms. The summed E-state index contributed by atoms with van der Waals surface area (Å²) in [6.45, 7) is 5.78. The highest BCUT2D eigenvalue weighted by Gasteiger charge is 2.20. The number of pyridine rings is 1. The number of tetrazole rings is 1. The van der Waals surface area contributed by atoms with E-state index in [0.717, 1.165) is 30.4 Å². The van der Waals surface area contributed by atoms with Crippen LogP contribution < -0.4 is 0 Å². The summed E-state index contributed by atoms with van der Waals surface area (Å²) in [6.07, 6.45) is 5.90. The van der Waals surface area contributed by atoms with Gasteiger partial charge in [-0.05, 0) is 53.9 Å². The summed E-state index contributed by atoms with van der Waals surface area (Å²) in [5.41, 5.74) is 0.998. The number of aromatic nitrogens is 5. The summed E-state index contributed by atoms with van der Waals surface area (Å²) in [5.74, 6) is 1.51. The van der Waals surface area contributed by atoms with Gasteiger partial charge in [-0.1, -0.05) is 13.0 Å². The van der Waals surface area contributed by atoms with Gasteiger partial charge >= 0.3 is 0 Å². The van der Waals surface area contributed by atoms with E-state index in [0.29, 0.717) is 13.1 Å². The van der Waals surface area contributed by atoms with Gasteiger partial charge in [-0.3, -0.25) is 14.7 Å². The van der Waals surface area contributed by atoms with Crippen molar-refractivity contribution >= 4 is 5.91 Å². The third-order valence-electron chi connectivity index (χ3n) is 4.70. The Hall–Kier alpha value is -2.35. The van der Waals surface area contributed by atoms with Crippen LogP contribution in [-0.2, 0) is 24.4 Å². The second-order valence-corrected chi connectivity index (χ2v) is 6.82. The number of rotatable bonds is 6. The topological polar surface area (TPSA) is 80.0 Å². The lowest BCUT2D eigenvalue weighted by Gasteiger charge is -2.29. The van der Waals surface area contributed by atoms with E-state index in [2.05, 4.69) is 32.3 Å². The van der Waals surface area contributed by atoms with Crippen molar-refractivity contribution in [1.82, 2.24) is 35.0 Å². The van der Waals surface area contributed by atoms with E-state index in [9.17, 15) is 4.79 Å². The molecule has 0 atom stereocenters. The van der Waals surface area contributed by atoms with Gasteiger partial charge in [0.15, 0.2) is 5.82 Å². The third-order valence-corrected chi connectivity index (χ3v) is 4.70. The molecule has 0 spiro atoms. The fourth-order valence-corrected chi connectivity index (χ4v) is 2.98. The molecular formula is C17H25N7O. The highest BCUT2D eigenvalue weighted by molar-refractivity contribution is 5.75. The maximum Gasteiger partial charge on any atom is 0.244 e. The van der Waals surface area contributed by atoms with Gasteiger partial charge in [0.25, 0.3) is 0 Å². The predicted molar refractivity (Wildman–Crippen MR) is 92.2 cm³/mol. The molecule has 1 amide bonds. The van der Waals surface area contributed by atoms with Crippen LogP contribution in [0.2, 0.25) is 0 Å². The van der Waals surface area contributed by atoms with Crippen LogP contribution in [0, 0.1) is 5.92 Å². The summed E-state index contributed by atoms with van der Waals surface area (Å²) >= 11 is 0. The largest absolute Gasteiger partial charge is 0.340 e. The molecule has 0 unspecified atom stereocenters. The average Bonchev–Trinajstić information content (AvgIpc) is 3.04. The van der Waals surface area contributed by atoms with Crippen molar-refractivity contribution in [3.05, 3.63) is 35.9 Å². The highest BCUT2D eigenvalue weighted by atomic mass is 16.2. The fraction of sp³-hybridized carbons (Fsp3) is 0.588. The maximum absolute atomic E-state index is 12.5. The number of hydrogen-bond acceptors (Lipinski definition) is 6. The number of piperidine rings is 1. The molecule has 0 aliphatic carbocycles. The first-order valence-electron chi connectivity index (χ1n) is 8.72.